The van der Waals surface area contributed by atoms with Gasteiger partial charge in [0.05, 0.1) is 5.60 Å². The van der Waals surface area contributed by atoms with Crippen molar-refractivity contribution >= 4 is 0 Å². The van der Waals surface area contributed by atoms with Crippen molar-refractivity contribution in [3.8, 4) is 0 Å². The molecule has 1 rings (SSSR count). The van der Waals surface area contributed by atoms with E-state index in [1.165, 1.54) is 0 Å². The van der Waals surface area contributed by atoms with Crippen LogP contribution in [0.1, 0.15) is 40.0 Å². The number of ether oxygens (including phenoxy) is 1. The molecule has 14 heavy (non-hydrogen) atoms. The number of allylic oxidation sites excluding steroid dienone is 1. The average molecular weight is 197 g/mol. The van der Waals surface area contributed by atoms with Crippen LogP contribution in [0, 0.1) is 0 Å². The van der Waals surface area contributed by atoms with Gasteiger partial charge in [0, 0.05) is 12.6 Å². The lowest BCUT2D eigenvalue weighted by molar-refractivity contribution is -0.0627. The van der Waals surface area contributed by atoms with Gasteiger partial charge in [-0.3, -0.25) is 0 Å². The molecule has 0 bridgehead atoms. The van der Waals surface area contributed by atoms with E-state index in [0.29, 0.717) is 6.04 Å². The van der Waals surface area contributed by atoms with Gasteiger partial charge in [-0.15, -0.1) is 0 Å². The predicted molar refractivity (Wildman–Crippen MR) is 60.5 cm³/mol. The average Bonchev–Trinajstić information content (AvgIpc) is 2.11. The zero-order valence-electron chi connectivity index (χ0n) is 9.68. The first kappa shape index (κ1) is 11.7. The minimum absolute atomic E-state index is 0.0660. The maximum absolute atomic E-state index is 5.67. The van der Waals surface area contributed by atoms with Gasteiger partial charge in [-0.2, -0.15) is 0 Å². The first-order valence-corrected chi connectivity index (χ1v) is 5.62. The molecular formula is C12H23NO. The SMILES string of the molecule is C/C=C/CCNC1CCOC(C)(C)C1. The summed E-state index contributed by atoms with van der Waals surface area (Å²) in [5.74, 6) is 0. The van der Waals surface area contributed by atoms with E-state index < -0.39 is 0 Å². The minimum Gasteiger partial charge on any atom is -0.375 e. The van der Waals surface area contributed by atoms with Crippen molar-refractivity contribution in [3.63, 3.8) is 0 Å². The van der Waals surface area contributed by atoms with Crippen molar-refractivity contribution in [1.29, 1.82) is 0 Å². The van der Waals surface area contributed by atoms with Crippen LogP contribution >= 0.6 is 0 Å². The van der Waals surface area contributed by atoms with E-state index in [1.807, 2.05) is 0 Å². The van der Waals surface area contributed by atoms with E-state index in [9.17, 15) is 0 Å². The summed E-state index contributed by atoms with van der Waals surface area (Å²) >= 11 is 0. The van der Waals surface area contributed by atoms with Crippen molar-refractivity contribution < 1.29 is 4.74 Å². The Labute approximate surface area is 87.7 Å². The molecule has 82 valence electrons. The van der Waals surface area contributed by atoms with Gasteiger partial charge >= 0.3 is 0 Å². The molecule has 1 heterocycles. The van der Waals surface area contributed by atoms with Crippen LogP contribution in [0.15, 0.2) is 12.2 Å². The second-order valence-corrected chi connectivity index (χ2v) is 4.61. The normalized spacial score (nSPS) is 26.9. The summed E-state index contributed by atoms with van der Waals surface area (Å²) in [6.07, 6.45) is 7.73. The molecule has 2 nitrogen and oxygen atoms in total. The first-order valence-electron chi connectivity index (χ1n) is 5.62. The van der Waals surface area contributed by atoms with Crippen LogP contribution in [0.2, 0.25) is 0 Å². The Balaban J connectivity index is 2.18. The highest BCUT2D eigenvalue weighted by atomic mass is 16.5. The molecule has 1 fully saturated rings. The van der Waals surface area contributed by atoms with E-state index in [0.717, 1.165) is 32.4 Å². The van der Waals surface area contributed by atoms with Gasteiger partial charge in [0.2, 0.25) is 0 Å². The molecule has 1 N–H and O–H groups in total. The summed E-state index contributed by atoms with van der Waals surface area (Å²) in [4.78, 5) is 0. The van der Waals surface area contributed by atoms with Crippen molar-refractivity contribution in [3.05, 3.63) is 12.2 Å². The Morgan fingerprint density at radius 2 is 2.29 bits per heavy atom. The molecule has 0 aliphatic carbocycles. The Morgan fingerprint density at radius 3 is 2.93 bits per heavy atom. The van der Waals surface area contributed by atoms with Gasteiger partial charge < -0.3 is 10.1 Å². The van der Waals surface area contributed by atoms with Crippen LogP contribution in [-0.4, -0.2) is 24.8 Å². The third-order valence-corrected chi connectivity index (χ3v) is 2.68. The van der Waals surface area contributed by atoms with Crippen LogP contribution in [-0.2, 0) is 4.74 Å². The topological polar surface area (TPSA) is 21.3 Å². The van der Waals surface area contributed by atoms with Crippen molar-refractivity contribution in [1.82, 2.24) is 5.32 Å². The Morgan fingerprint density at radius 1 is 1.50 bits per heavy atom. The van der Waals surface area contributed by atoms with Crippen LogP contribution < -0.4 is 5.32 Å². The van der Waals surface area contributed by atoms with Crippen LogP contribution in [0.5, 0.6) is 0 Å². The van der Waals surface area contributed by atoms with Crippen LogP contribution in [0.3, 0.4) is 0 Å². The molecule has 0 amide bonds. The third-order valence-electron chi connectivity index (χ3n) is 2.68. The first-order chi connectivity index (χ1) is 6.64. The maximum atomic E-state index is 5.67. The molecule has 2 heteroatoms. The summed E-state index contributed by atoms with van der Waals surface area (Å²) in [7, 11) is 0. The lowest BCUT2D eigenvalue weighted by atomic mass is 9.94. The van der Waals surface area contributed by atoms with Gasteiger partial charge in [-0.05, 0) is 46.6 Å². The van der Waals surface area contributed by atoms with Crippen molar-refractivity contribution in [2.75, 3.05) is 13.2 Å². The molecule has 0 radical (unpaired) electrons. The number of rotatable bonds is 4. The zero-order valence-corrected chi connectivity index (χ0v) is 9.68. The number of hydrogen-bond acceptors (Lipinski definition) is 2. The summed E-state index contributed by atoms with van der Waals surface area (Å²) < 4.78 is 5.67. The fraction of sp³-hybridized carbons (Fsp3) is 0.833. The van der Waals surface area contributed by atoms with Crippen LogP contribution in [0.4, 0.5) is 0 Å². The highest BCUT2D eigenvalue weighted by Crippen LogP contribution is 2.23. The molecule has 1 aliphatic heterocycles. The summed E-state index contributed by atoms with van der Waals surface area (Å²) in [5.41, 5.74) is 0.0660. The van der Waals surface area contributed by atoms with Gasteiger partial charge in [0.1, 0.15) is 0 Å². The molecule has 0 aromatic heterocycles. The third kappa shape index (κ3) is 4.25. The van der Waals surface area contributed by atoms with Crippen molar-refractivity contribution in [2.24, 2.45) is 0 Å². The van der Waals surface area contributed by atoms with Gasteiger partial charge in [0.15, 0.2) is 0 Å². The molecule has 1 atom stereocenters. The molecular weight excluding hydrogens is 174 g/mol. The molecule has 1 aliphatic rings. The van der Waals surface area contributed by atoms with E-state index in [2.05, 4.69) is 38.2 Å². The highest BCUT2D eigenvalue weighted by Gasteiger charge is 2.27. The van der Waals surface area contributed by atoms with E-state index >= 15 is 0 Å². The second kappa shape index (κ2) is 5.52. The molecule has 1 saturated heterocycles. The monoisotopic (exact) mass is 197 g/mol. The lowest BCUT2D eigenvalue weighted by Crippen LogP contribution is -2.43. The largest absolute Gasteiger partial charge is 0.375 e. The van der Waals surface area contributed by atoms with Gasteiger partial charge in [-0.25, -0.2) is 0 Å². The molecule has 0 aromatic carbocycles. The van der Waals surface area contributed by atoms with Gasteiger partial charge in [-0.1, -0.05) is 12.2 Å². The number of hydrogen-bond donors (Lipinski definition) is 1. The second-order valence-electron chi connectivity index (χ2n) is 4.61. The summed E-state index contributed by atoms with van der Waals surface area (Å²) in [6, 6.07) is 0.643. The van der Waals surface area contributed by atoms with E-state index in [1.54, 1.807) is 0 Å². The fourth-order valence-corrected chi connectivity index (χ4v) is 1.94. The smallest absolute Gasteiger partial charge is 0.0641 e. The zero-order chi connectivity index (χ0) is 10.4. The summed E-state index contributed by atoms with van der Waals surface area (Å²) in [6.45, 7) is 8.40. The van der Waals surface area contributed by atoms with Crippen LogP contribution in [0.25, 0.3) is 0 Å². The lowest BCUT2D eigenvalue weighted by Gasteiger charge is -2.35. The molecule has 0 saturated carbocycles. The summed E-state index contributed by atoms with van der Waals surface area (Å²) in [5, 5.41) is 3.58. The quantitative estimate of drug-likeness (QED) is 0.552. The molecule has 0 spiro atoms. The molecule has 0 aromatic rings. The van der Waals surface area contributed by atoms with E-state index in [4.69, 9.17) is 4.74 Å². The molecule has 1 unspecified atom stereocenters. The van der Waals surface area contributed by atoms with Gasteiger partial charge in [0.25, 0.3) is 0 Å². The standard InChI is InChI=1S/C12H23NO/c1-4-5-6-8-13-11-7-9-14-12(2,3)10-11/h4-5,11,13H,6-10H2,1-3H3/b5-4+. The van der Waals surface area contributed by atoms with Crippen molar-refractivity contribution in [2.45, 2.75) is 51.7 Å². The predicted octanol–water partition coefficient (Wildman–Crippen LogP) is 2.50. The Kier molecular flexibility index (Phi) is 4.63. The highest BCUT2D eigenvalue weighted by molar-refractivity contribution is 4.84. The number of nitrogens with one attached hydrogen (secondary N) is 1. The Bertz CT molecular complexity index is 187. The van der Waals surface area contributed by atoms with E-state index in [-0.39, 0.29) is 5.60 Å². The maximum Gasteiger partial charge on any atom is 0.0641 e. The Hall–Kier alpha value is -0.340. The fourth-order valence-electron chi connectivity index (χ4n) is 1.94. The minimum atomic E-state index is 0.0660.